The Bertz CT molecular complexity index is 626. The van der Waals surface area contributed by atoms with Crippen molar-refractivity contribution in [2.24, 2.45) is 0 Å². The number of rotatable bonds is 7. The van der Waals surface area contributed by atoms with Crippen molar-refractivity contribution < 1.29 is 14.3 Å². The summed E-state index contributed by atoms with van der Waals surface area (Å²) in [5, 5.41) is 0.543. The average molecular weight is 395 g/mol. The average Bonchev–Trinajstić information content (AvgIpc) is 3.22. The molecule has 1 saturated heterocycles. The lowest BCUT2D eigenvalue weighted by molar-refractivity contribution is 0.0689. The highest BCUT2D eigenvalue weighted by Crippen LogP contribution is 2.30. The van der Waals surface area contributed by atoms with E-state index in [0.717, 1.165) is 32.0 Å². The Morgan fingerprint density at radius 1 is 1.22 bits per heavy atom. The molecule has 0 bridgehead atoms. The molecular formula is C21H31ClN2O3. The van der Waals surface area contributed by atoms with Crippen molar-refractivity contribution in [2.75, 3.05) is 40.4 Å². The van der Waals surface area contributed by atoms with Crippen LogP contribution in [0.4, 0.5) is 0 Å². The fourth-order valence-corrected chi connectivity index (χ4v) is 4.29. The number of likely N-dealkylation sites (tertiary alicyclic amines) is 1. The molecule has 1 saturated carbocycles. The summed E-state index contributed by atoms with van der Waals surface area (Å²) in [5.74, 6) is 0.543. The van der Waals surface area contributed by atoms with Crippen LogP contribution >= 0.6 is 11.6 Å². The molecule has 2 aliphatic rings. The molecule has 5 nitrogen and oxygen atoms in total. The van der Waals surface area contributed by atoms with E-state index in [9.17, 15) is 4.79 Å². The number of benzene rings is 1. The summed E-state index contributed by atoms with van der Waals surface area (Å²) in [6, 6.07) is 6.09. The molecular weight excluding hydrogens is 364 g/mol. The second-order valence-corrected chi connectivity index (χ2v) is 8.09. The molecule has 0 aromatic heterocycles. The first-order valence-corrected chi connectivity index (χ1v) is 10.4. The maximum absolute atomic E-state index is 12.8. The van der Waals surface area contributed by atoms with E-state index >= 15 is 0 Å². The summed E-state index contributed by atoms with van der Waals surface area (Å²) in [6.07, 6.45) is 7.59. The van der Waals surface area contributed by atoms with Crippen LogP contribution in [0.15, 0.2) is 18.2 Å². The minimum absolute atomic E-state index is 0.0899. The molecule has 1 aromatic rings. The summed E-state index contributed by atoms with van der Waals surface area (Å²) in [5.41, 5.74) is 0.527. The van der Waals surface area contributed by atoms with Gasteiger partial charge in [0.1, 0.15) is 11.9 Å². The van der Waals surface area contributed by atoms with Crippen molar-refractivity contribution in [3.63, 3.8) is 0 Å². The van der Waals surface area contributed by atoms with E-state index in [-0.39, 0.29) is 12.0 Å². The molecule has 150 valence electrons. The molecule has 0 spiro atoms. The first-order valence-electron chi connectivity index (χ1n) is 10.0. The Morgan fingerprint density at radius 2 is 1.93 bits per heavy atom. The third kappa shape index (κ3) is 5.37. The standard InChI is InChI=1S/C21H31ClN2O3/c1-23(13-14-26-2)21(25)19-15-16(22)7-8-20(19)27-18-9-11-24(12-10-18)17-5-3-4-6-17/h7-8,15,17-18H,3-6,9-14H2,1-2H3. The summed E-state index contributed by atoms with van der Waals surface area (Å²) in [4.78, 5) is 17.1. The zero-order chi connectivity index (χ0) is 19.2. The van der Waals surface area contributed by atoms with Crippen molar-refractivity contribution in [1.82, 2.24) is 9.80 Å². The number of amides is 1. The molecule has 0 unspecified atom stereocenters. The first-order chi connectivity index (χ1) is 13.1. The number of hydrogen-bond acceptors (Lipinski definition) is 4. The second-order valence-electron chi connectivity index (χ2n) is 7.65. The molecule has 1 aromatic carbocycles. The Hall–Kier alpha value is -1.30. The van der Waals surface area contributed by atoms with Crippen LogP contribution in [0.3, 0.4) is 0 Å². The Labute approximate surface area is 167 Å². The lowest BCUT2D eigenvalue weighted by Crippen LogP contribution is -2.43. The molecule has 0 radical (unpaired) electrons. The highest BCUT2D eigenvalue weighted by atomic mass is 35.5. The second kappa shape index (κ2) is 9.76. The van der Waals surface area contributed by atoms with Gasteiger partial charge in [-0.3, -0.25) is 4.79 Å². The Balaban J connectivity index is 1.62. The van der Waals surface area contributed by atoms with Crippen LogP contribution in [-0.4, -0.2) is 68.3 Å². The van der Waals surface area contributed by atoms with Gasteiger partial charge in [0.25, 0.3) is 5.91 Å². The van der Waals surface area contributed by atoms with Gasteiger partial charge in [-0.2, -0.15) is 0 Å². The Morgan fingerprint density at radius 3 is 2.59 bits per heavy atom. The fraction of sp³-hybridized carbons (Fsp3) is 0.667. The van der Waals surface area contributed by atoms with Gasteiger partial charge in [0.2, 0.25) is 0 Å². The zero-order valence-corrected chi connectivity index (χ0v) is 17.2. The number of halogens is 1. The van der Waals surface area contributed by atoms with Gasteiger partial charge in [0, 0.05) is 44.9 Å². The van der Waals surface area contributed by atoms with Gasteiger partial charge in [-0.1, -0.05) is 24.4 Å². The molecule has 1 aliphatic carbocycles. The van der Waals surface area contributed by atoms with Gasteiger partial charge in [-0.25, -0.2) is 0 Å². The summed E-state index contributed by atoms with van der Waals surface area (Å²) in [7, 11) is 3.40. The van der Waals surface area contributed by atoms with Gasteiger partial charge in [-0.15, -0.1) is 0 Å². The van der Waals surface area contributed by atoms with Gasteiger partial charge >= 0.3 is 0 Å². The van der Waals surface area contributed by atoms with Gasteiger partial charge in [0.15, 0.2) is 0 Å². The predicted octanol–water partition coefficient (Wildman–Crippen LogP) is 3.84. The van der Waals surface area contributed by atoms with Crippen LogP contribution < -0.4 is 4.74 Å². The predicted molar refractivity (Wildman–Crippen MR) is 108 cm³/mol. The minimum atomic E-state index is -0.0899. The van der Waals surface area contributed by atoms with Crippen molar-refractivity contribution >= 4 is 17.5 Å². The van der Waals surface area contributed by atoms with Crippen molar-refractivity contribution in [2.45, 2.75) is 50.7 Å². The van der Waals surface area contributed by atoms with Crippen molar-refractivity contribution in [3.8, 4) is 5.75 Å². The van der Waals surface area contributed by atoms with Crippen LogP contribution in [0, 0.1) is 0 Å². The number of likely N-dealkylation sites (N-methyl/N-ethyl adjacent to an activating group) is 1. The van der Waals surface area contributed by atoms with Crippen molar-refractivity contribution in [3.05, 3.63) is 28.8 Å². The molecule has 2 fully saturated rings. The lowest BCUT2D eigenvalue weighted by atomic mass is 10.0. The number of carbonyl (C=O) groups is 1. The highest BCUT2D eigenvalue weighted by molar-refractivity contribution is 6.31. The van der Waals surface area contributed by atoms with Gasteiger partial charge in [0.05, 0.1) is 12.2 Å². The van der Waals surface area contributed by atoms with Crippen LogP contribution in [0.25, 0.3) is 0 Å². The summed E-state index contributed by atoms with van der Waals surface area (Å²) < 4.78 is 11.3. The molecule has 6 heteroatoms. The maximum atomic E-state index is 12.8. The maximum Gasteiger partial charge on any atom is 0.257 e. The monoisotopic (exact) mass is 394 g/mol. The van der Waals surface area contributed by atoms with E-state index in [2.05, 4.69) is 4.90 Å². The fourth-order valence-electron chi connectivity index (χ4n) is 4.12. The zero-order valence-electron chi connectivity index (χ0n) is 16.5. The summed E-state index contributed by atoms with van der Waals surface area (Å²) in [6.45, 7) is 3.19. The van der Waals surface area contributed by atoms with Crippen molar-refractivity contribution in [1.29, 1.82) is 0 Å². The molecule has 1 amide bonds. The quantitative estimate of drug-likeness (QED) is 0.704. The number of carbonyl (C=O) groups excluding carboxylic acids is 1. The smallest absolute Gasteiger partial charge is 0.257 e. The topological polar surface area (TPSA) is 42.0 Å². The van der Waals surface area contributed by atoms with Gasteiger partial charge in [-0.05, 0) is 43.9 Å². The van der Waals surface area contributed by atoms with Gasteiger partial charge < -0.3 is 19.3 Å². The molecule has 1 heterocycles. The number of ether oxygens (including phenoxy) is 2. The number of nitrogens with zero attached hydrogens (tertiary/aromatic N) is 2. The highest BCUT2D eigenvalue weighted by Gasteiger charge is 2.28. The van der Waals surface area contributed by atoms with E-state index < -0.39 is 0 Å². The molecule has 27 heavy (non-hydrogen) atoms. The molecule has 3 rings (SSSR count). The number of piperidine rings is 1. The van der Waals surface area contributed by atoms with E-state index in [4.69, 9.17) is 21.1 Å². The third-order valence-corrected chi connectivity index (χ3v) is 6.00. The van der Waals surface area contributed by atoms with Crippen LogP contribution in [0.5, 0.6) is 5.75 Å². The van der Waals surface area contributed by atoms with Crippen LogP contribution in [0.1, 0.15) is 48.9 Å². The first kappa shape index (κ1) is 20.4. The van der Waals surface area contributed by atoms with E-state index in [0.29, 0.717) is 29.5 Å². The third-order valence-electron chi connectivity index (χ3n) is 5.76. The van der Waals surface area contributed by atoms with E-state index in [1.54, 1.807) is 31.2 Å². The lowest BCUT2D eigenvalue weighted by Gasteiger charge is -2.36. The van der Waals surface area contributed by atoms with E-state index in [1.165, 1.54) is 25.7 Å². The van der Waals surface area contributed by atoms with E-state index in [1.807, 2.05) is 6.07 Å². The normalized spacial score (nSPS) is 19.4. The largest absolute Gasteiger partial charge is 0.489 e. The van der Waals surface area contributed by atoms with Crippen LogP contribution in [-0.2, 0) is 4.74 Å². The van der Waals surface area contributed by atoms with Crippen LogP contribution in [0.2, 0.25) is 5.02 Å². The number of hydrogen-bond donors (Lipinski definition) is 0. The SMILES string of the molecule is COCCN(C)C(=O)c1cc(Cl)ccc1OC1CCN(C2CCCC2)CC1. The minimum Gasteiger partial charge on any atom is -0.489 e. The number of methoxy groups -OCH3 is 1. The Kier molecular flexibility index (Phi) is 7.39. The molecule has 1 aliphatic heterocycles. The summed E-state index contributed by atoms with van der Waals surface area (Å²) >= 11 is 6.15. The molecule has 0 atom stereocenters. The molecule has 0 N–H and O–H groups in total.